The van der Waals surface area contributed by atoms with Crippen molar-refractivity contribution in [3.8, 4) is 0 Å². The molecular weight excluding hydrogens is 937 g/mol. The minimum atomic E-state index is -0.774. The van der Waals surface area contributed by atoms with Gasteiger partial charge in [0.05, 0.1) is 0 Å². The Hall–Kier alpha value is -2.89. The van der Waals surface area contributed by atoms with E-state index in [0.29, 0.717) is 19.3 Å². The van der Waals surface area contributed by atoms with Gasteiger partial charge in [-0.1, -0.05) is 313 Å². The van der Waals surface area contributed by atoms with Crippen LogP contribution in [0, 0.1) is 0 Å². The average Bonchev–Trinajstić information content (AvgIpc) is 3.42. The van der Waals surface area contributed by atoms with E-state index in [4.69, 9.17) is 14.2 Å². The molecule has 0 aliphatic rings. The van der Waals surface area contributed by atoms with E-state index in [1.165, 1.54) is 218 Å². The third-order valence-corrected chi connectivity index (χ3v) is 14.8. The molecule has 1 unspecified atom stereocenters. The first-order valence-electron chi connectivity index (χ1n) is 33.3. The molecule has 0 rings (SSSR count). The highest BCUT2D eigenvalue weighted by Gasteiger charge is 2.19. The minimum Gasteiger partial charge on any atom is -0.462 e. The standard InChI is InChI=1S/C70H126O6/c1-4-7-10-13-16-19-22-24-26-28-30-31-32-33-34-35-36-37-38-39-40-42-43-45-48-51-54-57-60-63-69(72)75-66-67(65-74-68(71)62-59-56-53-50-47-21-18-15-12-9-6-3)76-70(73)64-61-58-55-52-49-46-44-41-29-27-25-23-20-17-14-11-8-5-2/h7,10,15-16,18-19,24,26,30-31,67H,4-6,8-9,11-14,17,20-23,25,27-29,32-66H2,1-3H3/b10-7-,18-15-,19-16-,26-24-,31-30-. The Balaban J connectivity index is 4.16. The van der Waals surface area contributed by atoms with E-state index in [9.17, 15) is 14.4 Å². The van der Waals surface area contributed by atoms with Crippen LogP contribution in [-0.2, 0) is 28.6 Å². The maximum absolute atomic E-state index is 12.9. The second-order valence-corrected chi connectivity index (χ2v) is 22.4. The number of rotatable bonds is 61. The van der Waals surface area contributed by atoms with E-state index in [1.54, 1.807) is 0 Å². The summed E-state index contributed by atoms with van der Waals surface area (Å²) in [4.78, 5) is 38.3. The second kappa shape index (κ2) is 64.6. The van der Waals surface area contributed by atoms with Gasteiger partial charge in [-0.15, -0.1) is 0 Å². The van der Waals surface area contributed by atoms with Crippen LogP contribution in [0.5, 0.6) is 0 Å². The Morgan fingerprint density at radius 2 is 0.526 bits per heavy atom. The normalized spacial score (nSPS) is 12.4. The summed E-state index contributed by atoms with van der Waals surface area (Å²) in [7, 11) is 0. The molecule has 0 amide bonds. The Kier molecular flexibility index (Phi) is 62.2. The van der Waals surface area contributed by atoms with Gasteiger partial charge in [0.1, 0.15) is 13.2 Å². The summed E-state index contributed by atoms with van der Waals surface area (Å²) >= 11 is 0. The number of allylic oxidation sites excluding steroid dienone is 10. The maximum Gasteiger partial charge on any atom is 0.306 e. The molecule has 0 spiro atoms. The zero-order chi connectivity index (χ0) is 55.0. The van der Waals surface area contributed by atoms with Crippen LogP contribution >= 0.6 is 0 Å². The van der Waals surface area contributed by atoms with E-state index >= 15 is 0 Å². The van der Waals surface area contributed by atoms with Gasteiger partial charge in [-0.25, -0.2) is 0 Å². The maximum atomic E-state index is 12.9. The molecule has 0 bridgehead atoms. The zero-order valence-electron chi connectivity index (χ0n) is 50.8. The third-order valence-electron chi connectivity index (χ3n) is 14.8. The Morgan fingerprint density at radius 3 is 0.855 bits per heavy atom. The van der Waals surface area contributed by atoms with Crippen molar-refractivity contribution in [3.05, 3.63) is 60.8 Å². The first-order valence-corrected chi connectivity index (χ1v) is 33.3. The van der Waals surface area contributed by atoms with Gasteiger partial charge < -0.3 is 14.2 Å². The second-order valence-electron chi connectivity index (χ2n) is 22.4. The lowest BCUT2D eigenvalue weighted by Gasteiger charge is -2.18. The van der Waals surface area contributed by atoms with Crippen LogP contribution in [0.2, 0.25) is 0 Å². The quantitative estimate of drug-likeness (QED) is 0.0261. The molecule has 0 saturated heterocycles. The van der Waals surface area contributed by atoms with Crippen LogP contribution in [0.15, 0.2) is 60.8 Å². The summed E-state index contributed by atoms with van der Waals surface area (Å²) in [6.07, 6.45) is 82.5. The number of ether oxygens (including phenoxy) is 3. The first kappa shape index (κ1) is 73.1. The predicted octanol–water partition coefficient (Wildman–Crippen LogP) is 22.7. The van der Waals surface area contributed by atoms with Gasteiger partial charge >= 0.3 is 17.9 Å². The highest BCUT2D eigenvalue weighted by Crippen LogP contribution is 2.18. The number of carbonyl (C=O) groups is 3. The summed E-state index contributed by atoms with van der Waals surface area (Å²) in [6.45, 7) is 6.54. The molecule has 6 heteroatoms. The molecule has 0 fully saturated rings. The van der Waals surface area contributed by atoms with E-state index in [2.05, 4.69) is 81.5 Å². The molecule has 1 atom stereocenters. The van der Waals surface area contributed by atoms with Crippen LogP contribution in [-0.4, -0.2) is 37.2 Å². The van der Waals surface area contributed by atoms with E-state index in [-0.39, 0.29) is 31.1 Å². The minimum absolute atomic E-state index is 0.0718. The lowest BCUT2D eigenvalue weighted by molar-refractivity contribution is -0.167. The molecule has 0 aliphatic carbocycles. The van der Waals surface area contributed by atoms with Crippen molar-refractivity contribution in [1.82, 2.24) is 0 Å². The number of unbranched alkanes of at least 4 members (excludes halogenated alkanes) is 40. The van der Waals surface area contributed by atoms with Crippen LogP contribution in [0.1, 0.15) is 348 Å². The van der Waals surface area contributed by atoms with Crippen molar-refractivity contribution in [2.75, 3.05) is 13.2 Å². The van der Waals surface area contributed by atoms with E-state index in [1.807, 2.05) is 0 Å². The molecule has 442 valence electrons. The monoisotopic (exact) mass is 1060 g/mol. The lowest BCUT2D eigenvalue weighted by atomic mass is 10.0. The molecular formula is C70H126O6. The molecule has 0 N–H and O–H groups in total. The van der Waals surface area contributed by atoms with Crippen molar-refractivity contribution in [3.63, 3.8) is 0 Å². The highest BCUT2D eigenvalue weighted by molar-refractivity contribution is 5.71. The van der Waals surface area contributed by atoms with Crippen molar-refractivity contribution >= 4 is 17.9 Å². The summed E-state index contributed by atoms with van der Waals surface area (Å²) in [6, 6.07) is 0. The molecule has 0 radical (unpaired) electrons. The summed E-state index contributed by atoms with van der Waals surface area (Å²) in [5.74, 6) is -0.860. The molecule has 0 heterocycles. The van der Waals surface area contributed by atoms with Gasteiger partial charge in [0.15, 0.2) is 6.10 Å². The molecule has 0 aliphatic heterocycles. The van der Waals surface area contributed by atoms with Gasteiger partial charge in [0, 0.05) is 19.3 Å². The lowest BCUT2D eigenvalue weighted by Crippen LogP contribution is -2.30. The van der Waals surface area contributed by atoms with Gasteiger partial charge in [-0.05, 0) is 77.0 Å². The topological polar surface area (TPSA) is 78.9 Å². The van der Waals surface area contributed by atoms with Crippen molar-refractivity contribution in [2.24, 2.45) is 0 Å². The van der Waals surface area contributed by atoms with Gasteiger partial charge in [0.25, 0.3) is 0 Å². The van der Waals surface area contributed by atoms with E-state index < -0.39 is 6.10 Å². The SMILES string of the molecule is CC/C=C\C/C=C\C/C=C\C/C=C\CCCCCCCCCCCCCCCCCCC(=O)OCC(COC(=O)CCCCCCC/C=C\CCCC)OC(=O)CCCCCCCCCCCCCCCCCCCC. The number of esters is 3. The molecule has 0 aromatic rings. The smallest absolute Gasteiger partial charge is 0.306 e. The number of hydrogen-bond acceptors (Lipinski definition) is 6. The Bertz CT molecular complexity index is 1360. The Morgan fingerprint density at radius 1 is 0.276 bits per heavy atom. The van der Waals surface area contributed by atoms with Crippen LogP contribution in [0.3, 0.4) is 0 Å². The fourth-order valence-electron chi connectivity index (χ4n) is 9.77. The van der Waals surface area contributed by atoms with Gasteiger partial charge in [0.2, 0.25) is 0 Å². The molecule has 76 heavy (non-hydrogen) atoms. The molecule has 6 nitrogen and oxygen atoms in total. The third kappa shape index (κ3) is 62.0. The van der Waals surface area contributed by atoms with Gasteiger partial charge in [-0.3, -0.25) is 14.4 Å². The molecule has 0 saturated carbocycles. The molecule has 0 aromatic carbocycles. The van der Waals surface area contributed by atoms with Crippen LogP contribution in [0.4, 0.5) is 0 Å². The first-order chi connectivity index (χ1) is 37.5. The van der Waals surface area contributed by atoms with Crippen molar-refractivity contribution < 1.29 is 28.6 Å². The summed E-state index contributed by atoms with van der Waals surface area (Å²) < 4.78 is 16.9. The van der Waals surface area contributed by atoms with E-state index in [0.717, 1.165) is 89.9 Å². The highest BCUT2D eigenvalue weighted by atomic mass is 16.6. The van der Waals surface area contributed by atoms with Crippen LogP contribution < -0.4 is 0 Å². The Labute approximate surface area is 472 Å². The summed E-state index contributed by atoms with van der Waals surface area (Å²) in [5.41, 5.74) is 0. The number of hydrogen-bond donors (Lipinski definition) is 0. The number of carbonyl (C=O) groups excluding carboxylic acids is 3. The molecule has 0 aromatic heterocycles. The van der Waals surface area contributed by atoms with Gasteiger partial charge in [-0.2, -0.15) is 0 Å². The van der Waals surface area contributed by atoms with Crippen molar-refractivity contribution in [1.29, 1.82) is 0 Å². The summed E-state index contributed by atoms with van der Waals surface area (Å²) in [5, 5.41) is 0. The fourth-order valence-corrected chi connectivity index (χ4v) is 9.77. The average molecular weight is 1060 g/mol. The fraction of sp³-hybridized carbons (Fsp3) is 0.814. The zero-order valence-corrected chi connectivity index (χ0v) is 50.8. The van der Waals surface area contributed by atoms with Crippen molar-refractivity contribution in [2.45, 2.75) is 354 Å². The largest absolute Gasteiger partial charge is 0.462 e. The predicted molar refractivity (Wildman–Crippen MR) is 330 cm³/mol. The van der Waals surface area contributed by atoms with Crippen LogP contribution in [0.25, 0.3) is 0 Å².